The van der Waals surface area contributed by atoms with Gasteiger partial charge in [-0.2, -0.15) is 0 Å². The van der Waals surface area contributed by atoms with Gasteiger partial charge >= 0.3 is 0 Å². The molecule has 0 bridgehead atoms. The van der Waals surface area contributed by atoms with Gasteiger partial charge in [-0.1, -0.05) is 82.5 Å². The number of rotatable bonds is 10. The molecule has 0 unspecified atom stereocenters. The standard InChI is InChI=1S/C19H36N2Si2/c1-22(2,3)21(23(4,5)6)17-13-8-7-12-16-20-18-19-14-10-9-11-15-19/h9-11,14-15,18H,7-8,12-13,16-17H2,1-6H3. The molecule has 0 aliphatic heterocycles. The Morgan fingerprint density at radius 3 is 1.96 bits per heavy atom. The van der Waals surface area contributed by atoms with Gasteiger partial charge in [0.15, 0.2) is 0 Å². The van der Waals surface area contributed by atoms with Gasteiger partial charge in [-0.15, -0.1) is 0 Å². The topological polar surface area (TPSA) is 15.6 Å². The molecule has 0 amide bonds. The highest BCUT2D eigenvalue weighted by atomic mass is 28.4. The molecule has 130 valence electrons. The van der Waals surface area contributed by atoms with Crippen LogP contribution in [0, 0.1) is 0 Å². The molecule has 4 heteroatoms. The van der Waals surface area contributed by atoms with Crippen LogP contribution < -0.4 is 0 Å². The molecule has 0 saturated carbocycles. The lowest BCUT2D eigenvalue weighted by atomic mass is 10.2. The second-order valence-corrected chi connectivity index (χ2v) is 18.6. The third-order valence-corrected chi connectivity index (χ3v) is 11.8. The Balaban J connectivity index is 2.18. The zero-order valence-electron chi connectivity index (χ0n) is 16.1. The minimum atomic E-state index is -1.17. The van der Waals surface area contributed by atoms with Gasteiger partial charge in [0.1, 0.15) is 16.5 Å². The highest BCUT2D eigenvalue weighted by molar-refractivity contribution is 6.89. The Morgan fingerprint density at radius 2 is 1.39 bits per heavy atom. The van der Waals surface area contributed by atoms with Gasteiger partial charge in [-0.25, -0.2) is 0 Å². The van der Waals surface area contributed by atoms with Crippen LogP contribution in [0.3, 0.4) is 0 Å². The lowest BCUT2D eigenvalue weighted by molar-refractivity contribution is 0.542. The lowest BCUT2D eigenvalue weighted by Gasteiger charge is -2.43. The summed E-state index contributed by atoms with van der Waals surface area (Å²) in [6.45, 7) is 17.2. The van der Waals surface area contributed by atoms with Crippen molar-refractivity contribution >= 4 is 22.7 Å². The third kappa shape index (κ3) is 8.63. The van der Waals surface area contributed by atoms with Gasteiger partial charge in [0.2, 0.25) is 0 Å². The van der Waals surface area contributed by atoms with Crippen molar-refractivity contribution in [1.29, 1.82) is 0 Å². The summed E-state index contributed by atoms with van der Waals surface area (Å²) in [6.07, 6.45) is 7.20. The predicted octanol–water partition coefficient (Wildman–Crippen LogP) is 5.64. The summed E-state index contributed by atoms with van der Waals surface area (Å²) in [7, 11) is -2.34. The second kappa shape index (κ2) is 9.55. The molecule has 23 heavy (non-hydrogen) atoms. The minimum Gasteiger partial charge on any atom is -0.346 e. The Labute approximate surface area is 146 Å². The first-order chi connectivity index (χ1) is 10.7. The fourth-order valence-corrected chi connectivity index (χ4v) is 12.9. The normalized spacial score (nSPS) is 13.2. The van der Waals surface area contributed by atoms with E-state index in [0.29, 0.717) is 0 Å². The molecule has 1 aromatic rings. The number of unbranched alkanes of at least 4 members (excludes halogenated alkanes) is 3. The van der Waals surface area contributed by atoms with Crippen LogP contribution >= 0.6 is 0 Å². The zero-order chi connectivity index (χ0) is 17.3. The summed E-state index contributed by atoms with van der Waals surface area (Å²) in [5, 5.41) is 0. The Morgan fingerprint density at radius 1 is 0.826 bits per heavy atom. The molecule has 0 aromatic heterocycles. The number of benzene rings is 1. The van der Waals surface area contributed by atoms with Crippen LogP contribution in [0.1, 0.15) is 31.2 Å². The van der Waals surface area contributed by atoms with Crippen LogP contribution in [0.15, 0.2) is 35.3 Å². The minimum absolute atomic E-state index is 0.959. The summed E-state index contributed by atoms with van der Waals surface area (Å²) in [4.78, 5) is 4.53. The van der Waals surface area contributed by atoms with Gasteiger partial charge < -0.3 is 4.23 Å². The number of hydrogen-bond acceptors (Lipinski definition) is 2. The summed E-state index contributed by atoms with van der Waals surface area (Å²) in [5.41, 5.74) is 1.20. The average molecular weight is 349 g/mol. The number of aliphatic imine (C=N–C) groups is 1. The first-order valence-electron chi connectivity index (χ1n) is 9.04. The lowest BCUT2D eigenvalue weighted by Crippen LogP contribution is -2.59. The van der Waals surface area contributed by atoms with Crippen molar-refractivity contribution in [2.24, 2.45) is 4.99 Å². The molecule has 0 saturated heterocycles. The number of hydrogen-bond donors (Lipinski definition) is 0. The highest BCUT2D eigenvalue weighted by Gasteiger charge is 2.33. The first-order valence-corrected chi connectivity index (χ1v) is 15.9. The molecule has 0 aliphatic carbocycles. The van der Waals surface area contributed by atoms with E-state index in [9.17, 15) is 0 Å². The fourth-order valence-electron chi connectivity index (χ4n) is 3.21. The molecular weight excluding hydrogens is 312 g/mol. The molecule has 0 fully saturated rings. The van der Waals surface area contributed by atoms with Crippen molar-refractivity contribution in [3.8, 4) is 0 Å². The van der Waals surface area contributed by atoms with E-state index >= 15 is 0 Å². The summed E-state index contributed by atoms with van der Waals surface area (Å²) < 4.78 is 2.90. The predicted molar refractivity (Wildman–Crippen MR) is 111 cm³/mol. The smallest absolute Gasteiger partial charge is 0.112 e. The maximum absolute atomic E-state index is 4.53. The summed E-state index contributed by atoms with van der Waals surface area (Å²) >= 11 is 0. The van der Waals surface area contributed by atoms with Crippen LogP contribution in [0.5, 0.6) is 0 Å². The van der Waals surface area contributed by atoms with Crippen LogP contribution in [-0.4, -0.2) is 40.0 Å². The summed E-state index contributed by atoms with van der Waals surface area (Å²) in [6, 6.07) is 10.4. The Hall–Kier alpha value is -0.716. The van der Waals surface area contributed by atoms with E-state index in [-0.39, 0.29) is 0 Å². The second-order valence-electron chi connectivity index (χ2n) is 8.35. The van der Waals surface area contributed by atoms with Crippen LogP contribution in [-0.2, 0) is 0 Å². The molecule has 1 aromatic carbocycles. The maximum Gasteiger partial charge on any atom is 0.112 e. The quantitative estimate of drug-likeness (QED) is 0.303. The Bertz CT molecular complexity index is 444. The molecule has 1 rings (SSSR count). The molecule has 0 spiro atoms. The van der Waals surface area contributed by atoms with E-state index in [2.05, 4.69) is 72.8 Å². The SMILES string of the molecule is C[Si](C)(C)N(CCCCCCN=Cc1ccccc1)[Si](C)(C)C. The molecule has 0 aliphatic rings. The fraction of sp³-hybridized carbons (Fsp3) is 0.632. The van der Waals surface area contributed by atoms with E-state index < -0.39 is 16.5 Å². The van der Waals surface area contributed by atoms with Crippen LogP contribution in [0.25, 0.3) is 0 Å². The molecule has 0 heterocycles. The molecule has 0 N–H and O–H groups in total. The van der Waals surface area contributed by atoms with Crippen molar-refractivity contribution in [3.05, 3.63) is 35.9 Å². The molecule has 2 nitrogen and oxygen atoms in total. The number of nitrogens with zero attached hydrogens (tertiary/aromatic N) is 2. The van der Waals surface area contributed by atoms with Gasteiger partial charge in [0.05, 0.1) is 0 Å². The van der Waals surface area contributed by atoms with E-state index in [4.69, 9.17) is 0 Å². The van der Waals surface area contributed by atoms with E-state index in [0.717, 1.165) is 6.54 Å². The molecule has 0 atom stereocenters. The summed E-state index contributed by atoms with van der Waals surface area (Å²) in [5.74, 6) is 0. The highest BCUT2D eigenvalue weighted by Crippen LogP contribution is 2.20. The van der Waals surface area contributed by atoms with Crippen molar-refractivity contribution < 1.29 is 0 Å². The van der Waals surface area contributed by atoms with Gasteiger partial charge in [-0.05, 0) is 24.9 Å². The van der Waals surface area contributed by atoms with E-state index in [1.165, 1.54) is 37.8 Å². The van der Waals surface area contributed by atoms with Crippen molar-refractivity contribution in [2.45, 2.75) is 65.0 Å². The van der Waals surface area contributed by atoms with E-state index in [1.807, 2.05) is 12.3 Å². The zero-order valence-corrected chi connectivity index (χ0v) is 18.1. The van der Waals surface area contributed by atoms with Crippen molar-refractivity contribution in [2.75, 3.05) is 13.1 Å². The average Bonchev–Trinajstić information content (AvgIpc) is 2.44. The third-order valence-electron chi connectivity index (χ3n) is 4.08. The largest absolute Gasteiger partial charge is 0.346 e. The van der Waals surface area contributed by atoms with Crippen LogP contribution in [0.4, 0.5) is 0 Å². The van der Waals surface area contributed by atoms with Gasteiger partial charge in [0.25, 0.3) is 0 Å². The van der Waals surface area contributed by atoms with Gasteiger partial charge in [0, 0.05) is 12.8 Å². The maximum atomic E-state index is 4.53. The first kappa shape index (κ1) is 20.3. The van der Waals surface area contributed by atoms with E-state index in [1.54, 1.807) is 0 Å². The monoisotopic (exact) mass is 348 g/mol. The van der Waals surface area contributed by atoms with Crippen molar-refractivity contribution in [1.82, 2.24) is 4.23 Å². The molecule has 0 radical (unpaired) electrons. The van der Waals surface area contributed by atoms with Gasteiger partial charge in [-0.3, -0.25) is 4.99 Å². The molecular formula is C19H36N2Si2. The Kier molecular flexibility index (Phi) is 8.44. The van der Waals surface area contributed by atoms with Crippen LogP contribution in [0.2, 0.25) is 39.3 Å². The van der Waals surface area contributed by atoms with Crippen molar-refractivity contribution in [3.63, 3.8) is 0 Å².